The number of sulfonamides is 1. The first-order valence-electron chi connectivity index (χ1n) is 7.94. The van der Waals surface area contributed by atoms with Crippen LogP contribution in [-0.2, 0) is 10.0 Å². The Morgan fingerprint density at radius 2 is 1.61 bits per heavy atom. The van der Waals surface area contributed by atoms with Crippen molar-refractivity contribution in [3.63, 3.8) is 0 Å². The van der Waals surface area contributed by atoms with E-state index in [1.54, 1.807) is 18.2 Å². The zero-order chi connectivity index (χ0) is 16.3. The molecule has 2 aromatic carbocycles. The maximum absolute atomic E-state index is 12.8. The van der Waals surface area contributed by atoms with Crippen molar-refractivity contribution in [2.45, 2.75) is 36.1 Å². The molecule has 0 heterocycles. The van der Waals surface area contributed by atoms with Crippen LogP contribution < -0.4 is 10.5 Å². The van der Waals surface area contributed by atoms with Gasteiger partial charge in [-0.15, -0.1) is 0 Å². The normalized spacial score (nSPS) is 17.3. The molecule has 0 aliphatic heterocycles. The van der Waals surface area contributed by atoms with Crippen molar-refractivity contribution < 1.29 is 8.42 Å². The van der Waals surface area contributed by atoms with Crippen molar-refractivity contribution in [1.29, 1.82) is 0 Å². The molecule has 0 unspecified atom stereocenters. The van der Waals surface area contributed by atoms with Gasteiger partial charge in [0.25, 0.3) is 0 Å². The van der Waals surface area contributed by atoms with Gasteiger partial charge < -0.3 is 5.73 Å². The van der Waals surface area contributed by atoms with E-state index < -0.39 is 15.6 Å². The summed E-state index contributed by atoms with van der Waals surface area (Å²) >= 11 is 0. The second-order valence-corrected chi connectivity index (χ2v) is 7.87. The van der Waals surface area contributed by atoms with E-state index in [1.165, 1.54) is 0 Å². The summed E-state index contributed by atoms with van der Waals surface area (Å²) in [5.74, 6) is 0. The van der Waals surface area contributed by atoms with Crippen LogP contribution in [0.25, 0.3) is 11.1 Å². The molecule has 0 atom stereocenters. The Bertz CT molecular complexity index is 767. The van der Waals surface area contributed by atoms with Crippen molar-refractivity contribution in [3.8, 4) is 11.1 Å². The van der Waals surface area contributed by atoms with Crippen molar-refractivity contribution in [2.24, 2.45) is 5.73 Å². The lowest BCUT2D eigenvalue weighted by Gasteiger charge is -2.28. The van der Waals surface area contributed by atoms with Crippen LogP contribution in [0.15, 0.2) is 59.5 Å². The van der Waals surface area contributed by atoms with E-state index in [-0.39, 0.29) is 0 Å². The molecule has 3 rings (SSSR count). The summed E-state index contributed by atoms with van der Waals surface area (Å²) in [4.78, 5) is 0.290. The summed E-state index contributed by atoms with van der Waals surface area (Å²) in [5, 5.41) is 0. The van der Waals surface area contributed by atoms with Gasteiger partial charge in [0.1, 0.15) is 0 Å². The van der Waals surface area contributed by atoms with E-state index in [9.17, 15) is 8.42 Å². The molecule has 0 radical (unpaired) electrons. The van der Waals surface area contributed by atoms with E-state index in [2.05, 4.69) is 4.72 Å². The third-order valence-corrected chi connectivity index (χ3v) is 6.13. The van der Waals surface area contributed by atoms with E-state index in [0.717, 1.165) is 36.8 Å². The molecule has 1 aliphatic rings. The fourth-order valence-electron chi connectivity index (χ4n) is 3.22. The average Bonchev–Trinajstić information content (AvgIpc) is 3.04. The highest BCUT2D eigenvalue weighted by molar-refractivity contribution is 7.89. The van der Waals surface area contributed by atoms with Crippen molar-refractivity contribution >= 4 is 10.0 Å². The van der Waals surface area contributed by atoms with Crippen molar-refractivity contribution in [1.82, 2.24) is 4.72 Å². The molecule has 5 heteroatoms. The fourth-order valence-corrected chi connectivity index (χ4v) is 4.73. The molecule has 1 aliphatic carbocycles. The Balaban J connectivity index is 1.91. The zero-order valence-electron chi connectivity index (χ0n) is 13.0. The van der Waals surface area contributed by atoms with Gasteiger partial charge in [-0.2, -0.15) is 0 Å². The minimum absolute atomic E-state index is 0.290. The van der Waals surface area contributed by atoms with Gasteiger partial charge in [0, 0.05) is 12.1 Å². The number of rotatable bonds is 5. The van der Waals surface area contributed by atoms with Crippen molar-refractivity contribution in [2.75, 3.05) is 6.54 Å². The lowest BCUT2D eigenvalue weighted by molar-refractivity contribution is 0.399. The van der Waals surface area contributed by atoms with Crippen LogP contribution in [0, 0.1) is 0 Å². The first-order chi connectivity index (χ1) is 11.0. The van der Waals surface area contributed by atoms with Gasteiger partial charge in [-0.25, -0.2) is 13.1 Å². The van der Waals surface area contributed by atoms with Crippen LogP contribution in [0.4, 0.5) is 0 Å². The average molecular weight is 330 g/mol. The summed E-state index contributed by atoms with van der Waals surface area (Å²) in [7, 11) is -3.57. The van der Waals surface area contributed by atoms with Crippen LogP contribution in [0.5, 0.6) is 0 Å². The zero-order valence-corrected chi connectivity index (χ0v) is 13.9. The molecule has 0 spiro atoms. The van der Waals surface area contributed by atoms with E-state index >= 15 is 0 Å². The molecule has 23 heavy (non-hydrogen) atoms. The van der Waals surface area contributed by atoms with E-state index in [4.69, 9.17) is 5.73 Å². The molecule has 0 bridgehead atoms. The van der Waals surface area contributed by atoms with Crippen LogP contribution in [-0.4, -0.2) is 20.5 Å². The molecular formula is C18H22N2O2S. The summed E-state index contributed by atoms with van der Waals surface area (Å²) in [6.07, 6.45) is 3.65. The van der Waals surface area contributed by atoms with E-state index in [1.807, 2.05) is 36.4 Å². The Morgan fingerprint density at radius 1 is 0.957 bits per heavy atom. The van der Waals surface area contributed by atoms with Crippen LogP contribution in [0.2, 0.25) is 0 Å². The van der Waals surface area contributed by atoms with E-state index in [0.29, 0.717) is 11.4 Å². The van der Waals surface area contributed by atoms with Gasteiger partial charge in [-0.1, -0.05) is 55.3 Å². The second kappa shape index (κ2) is 6.43. The molecule has 0 aromatic heterocycles. The number of nitrogens with one attached hydrogen (secondary N) is 1. The predicted octanol–water partition coefficient (Wildman–Crippen LogP) is 2.90. The minimum Gasteiger partial charge on any atom is -0.329 e. The largest absolute Gasteiger partial charge is 0.329 e. The monoisotopic (exact) mass is 330 g/mol. The Morgan fingerprint density at radius 3 is 2.26 bits per heavy atom. The van der Waals surface area contributed by atoms with Gasteiger partial charge in [-0.3, -0.25) is 0 Å². The van der Waals surface area contributed by atoms with Gasteiger partial charge in [0.05, 0.1) is 4.90 Å². The Hall–Kier alpha value is -1.69. The quantitative estimate of drug-likeness (QED) is 0.885. The molecule has 0 saturated heterocycles. The molecule has 1 fully saturated rings. The molecule has 0 amide bonds. The number of nitrogens with two attached hydrogens (primary N) is 1. The maximum Gasteiger partial charge on any atom is 0.241 e. The molecule has 1 saturated carbocycles. The lowest BCUT2D eigenvalue weighted by Crippen LogP contribution is -2.51. The summed E-state index contributed by atoms with van der Waals surface area (Å²) in [6, 6.07) is 16.8. The van der Waals surface area contributed by atoms with Gasteiger partial charge in [0.15, 0.2) is 0 Å². The second-order valence-electron chi connectivity index (χ2n) is 6.19. The standard InChI is InChI=1S/C18H22N2O2S/c19-14-18(11-4-5-12-18)20-23(21,22)17-10-6-9-16(13-17)15-7-2-1-3-8-15/h1-3,6-10,13,20H,4-5,11-12,14,19H2. The maximum atomic E-state index is 12.8. The van der Waals surface area contributed by atoms with Crippen LogP contribution in [0.1, 0.15) is 25.7 Å². The lowest BCUT2D eigenvalue weighted by atomic mass is 10.0. The first-order valence-corrected chi connectivity index (χ1v) is 9.43. The molecule has 2 aromatic rings. The number of hydrogen-bond donors (Lipinski definition) is 2. The Labute approximate surface area is 137 Å². The van der Waals surface area contributed by atoms with Gasteiger partial charge >= 0.3 is 0 Å². The minimum atomic E-state index is -3.57. The third kappa shape index (κ3) is 3.47. The molecule has 4 nitrogen and oxygen atoms in total. The smallest absolute Gasteiger partial charge is 0.241 e. The fraction of sp³-hybridized carbons (Fsp3) is 0.333. The highest BCUT2D eigenvalue weighted by Gasteiger charge is 2.36. The molecule has 122 valence electrons. The summed E-state index contributed by atoms with van der Waals surface area (Å²) in [5.41, 5.74) is 7.25. The molecular weight excluding hydrogens is 308 g/mol. The Kier molecular flexibility index (Phi) is 4.53. The SMILES string of the molecule is NCC1(NS(=O)(=O)c2cccc(-c3ccccc3)c2)CCCC1. The van der Waals surface area contributed by atoms with Crippen LogP contribution >= 0.6 is 0 Å². The third-order valence-electron chi connectivity index (χ3n) is 4.55. The topological polar surface area (TPSA) is 72.2 Å². The summed E-state index contributed by atoms with van der Waals surface area (Å²) in [6.45, 7) is 0.338. The van der Waals surface area contributed by atoms with Crippen LogP contribution in [0.3, 0.4) is 0 Å². The highest BCUT2D eigenvalue weighted by atomic mass is 32.2. The predicted molar refractivity (Wildman–Crippen MR) is 92.5 cm³/mol. The van der Waals surface area contributed by atoms with Crippen molar-refractivity contribution in [3.05, 3.63) is 54.6 Å². The van der Waals surface area contributed by atoms with Gasteiger partial charge in [-0.05, 0) is 36.1 Å². The summed E-state index contributed by atoms with van der Waals surface area (Å²) < 4.78 is 28.4. The number of benzene rings is 2. The van der Waals surface area contributed by atoms with Gasteiger partial charge in [0.2, 0.25) is 10.0 Å². The first kappa shape index (κ1) is 16.2. The highest BCUT2D eigenvalue weighted by Crippen LogP contribution is 2.31. The number of hydrogen-bond acceptors (Lipinski definition) is 3. The molecule has 3 N–H and O–H groups in total.